The zero-order chi connectivity index (χ0) is 23.7. The molecule has 0 unspecified atom stereocenters. The van der Waals surface area contributed by atoms with Crippen molar-refractivity contribution < 1.29 is 17.9 Å². The van der Waals surface area contributed by atoms with Crippen molar-refractivity contribution in [2.45, 2.75) is 57.7 Å². The summed E-state index contributed by atoms with van der Waals surface area (Å²) < 4.78 is 32.6. The molecular formula is C23H28Cl2N2O4S. The number of sulfonamides is 1. The maximum atomic E-state index is 13.3. The summed E-state index contributed by atoms with van der Waals surface area (Å²) in [4.78, 5) is 13.3. The summed E-state index contributed by atoms with van der Waals surface area (Å²) in [5.41, 5.74) is 0.714. The van der Waals surface area contributed by atoms with Crippen molar-refractivity contribution in [3.8, 4) is 5.75 Å². The summed E-state index contributed by atoms with van der Waals surface area (Å²) in [7, 11) is -3.80. The van der Waals surface area contributed by atoms with Crippen molar-refractivity contribution in [2.75, 3.05) is 10.6 Å². The van der Waals surface area contributed by atoms with Gasteiger partial charge in [-0.05, 0) is 44.0 Å². The first-order chi connectivity index (χ1) is 15.0. The number of halogens is 2. The third kappa shape index (κ3) is 5.16. The van der Waals surface area contributed by atoms with Gasteiger partial charge in [-0.15, -0.1) is 0 Å². The number of hydrogen-bond acceptors (Lipinski definition) is 4. The van der Waals surface area contributed by atoms with Crippen LogP contribution in [0.3, 0.4) is 0 Å². The first-order valence-electron chi connectivity index (χ1n) is 10.5. The summed E-state index contributed by atoms with van der Waals surface area (Å²) in [6.07, 6.45) is 3.22. The van der Waals surface area contributed by atoms with Gasteiger partial charge in [-0.25, -0.2) is 8.42 Å². The van der Waals surface area contributed by atoms with Crippen LogP contribution in [-0.2, 0) is 14.8 Å². The Morgan fingerprint density at radius 3 is 2.34 bits per heavy atom. The largest absolute Gasteiger partial charge is 0.487 e. The molecule has 9 heteroatoms. The fraction of sp³-hybridized carbons (Fsp3) is 0.435. The maximum absolute atomic E-state index is 13.3. The Morgan fingerprint density at radius 1 is 1.19 bits per heavy atom. The minimum atomic E-state index is -3.80. The first-order valence-corrected chi connectivity index (χ1v) is 13.1. The van der Waals surface area contributed by atoms with Gasteiger partial charge < -0.3 is 10.1 Å². The van der Waals surface area contributed by atoms with Gasteiger partial charge in [0.2, 0.25) is 15.9 Å². The molecule has 0 aromatic heterocycles. The van der Waals surface area contributed by atoms with Gasteiger partial charge in [-0.2, -0.15) is 0 Å². The van der Waals surface area contributed by atoms with E-state index in [4.69, 9.17) is 27.9 Å². The molecule has 0 aliphatic carbocycles. The van der Waals surface area contributed by atoms with Crippen LogP contribution in [0.4, 0.5) is 5.69 Å². The van der Waals surface area contributed by atoms with Crippen molar-refractivity contribution in [1.29, 1.82) is 0 Å². The Bertz CT molecular complexity index is 1080. The topological polar surface area (TPSA) is 75.7 Å². The number of ether oxygens (including phenoxy) is 1. The van der Waals surface area contributed by atoms with E-state index in [-0.39, 0.29) is 21.8 Å². The summed E-state index contributed by atoms with van der Waals surface area (Å²) >= 11 is 12.2. The van der Waals surface area contributed by atoms with Crippen molar-refractivity contribution in [1.82, 2.24) is 5.32 Å². The molecule has 0 bridgehead atoms. The lowest BCUT2D eigenvalue weighted by molar-refractivity contribution is -0.123. The van der Waals surface area contributed by atoms with E-state index in [0.29, 0.717) is 6.42 Å². The minimum absolute atomic E-state index is 0.233. The van der Waals surface area contributed by atoms with Crippen LogP contribution in [0.15, 0.2) is 42.5 Å². The highest BCUT2D eigenvalue weighted by Crippen LogP contribution is 2.42. The average molecular weight is 499 g/mol. The van der Waals surface area contributed by atoms with E-state index in [1.807, 2.05) is 24.3 Å². The lowest BCUT2D eigenvalue weighted by Gasteiger charge is -2.42. The Hall–Kier alpha value is -1.96. The molecule has 32 heavy (non-hydrogen) atoms. The van der Waals surface area contributed by atoms with Crippen LogP contribution >= 0.6 is 23.2 Å². The normalized spacial score (nSPS) is 18.2. The van der Waals surface area contributed by atoms with Gasteiger partial charge in [-0.3, -0.25) is 9.10 Å². The number of para-hydroxylation sites is 1. The van der Waals surface area contributed by atoms with Crippen molar-refractivity contribution in [2.24, 2.45) is 0 Å². The van der Waals surface area contributed by atoms with E-state index in [1.54, 1.807) is 6.92 Å². The number of benzene rings is 2. The monoisotopic (exact) mass is 498 g/mol. The second kappa shape index (κ2) is 9.49. The molecule has 2 aromatic rings. The third-order valence-electron chi connectivity index (χ3n) is 5.99. The molecule has 1 N–H and O–H groups in total. The van der Waals surface area contributed by atoms with E-state index in [0.717, 1.165) is 34.7 Å². The van der Waals surface area contributed by atoms with Crippen LogP contribution in [-0.4, -0.2) is 32.2 Å². The van der Waals surface area contributed by atoms with E-state index in [1.165, 1.54) is 18.2 Å². The number of nitrogens with one attached hydrogen (secondary N) is 1. The molecule has 1 aliphatic rings. The lowest BCUT2D eigenvalue weighted by atomic mass is 9.83. The van der Waals surface area contributed by atoms with Crippen LogP contribution < -0.4 is 14.4 Å². The van der Waals surface area contributed by atoms with Crippen molar-refractivity contribution >= 4 is 44.8 Å². The molecule has 1 heterocycles. The minimum Gasteiger partial charge on any atom is -0.487 e. The Kier molecular flexibility index (Phi) is 7.32. The molecule has 1 amide bonds. The number of nitrogens with zero attached hydrogens (tertiary/aromatic N) is 1. The molecule has 6 nitrogen and oxygen atoms in total. The van der Waals surface area contributed by atoms with Crippen LogP contribution in [0.1, 0.15) is 51.6 Å². The third-order valence-corrected chi connectivity index (χ3v) is 7.67. The first kappa shape index (κ1) is 24.7. The number of rotatable bonds is 7. The standard InChI is InChI=1S/C23H28Cl2N2O4S/c1-5-23(6-2)14-20(19-9-7-8-10-21(19)31-23)26-22(28)15(3)27(32(4,29)30)18-12-16(24)11-17(25)13-18/h7-13,15,20H,5-6,14H2,1-4H3,(H,26,28)/t15-,20-/m0/s1. The molecule has 174 valence electrons. The van der Waals surface area contributed by atoms with Crippen molar-refractivity contribution in [3.63, 3.8) is 0 Å². The zero-order valence-electron chi connectivity index (χ0n) is 18.6. The lowest BCUT2D eigenvalue weighted by Crippen LogP contribution is -2.51. The maximum Gasteiger partial charge on any atom is 0.244 e. The number of fused-ring (bicyclic) bond motifs is 1. The highest BCUT2D eigenvalue weighted by atomic mass is 35.5. The summed E-state index contributed by atoms with van der Waals surface area (Å²) in [5.74, 6) is 0.316. The molecule has 2 atom stereocenters. The Balaban J connectivity index is 1.93. The van der Waals surface area contributed by atoms with Gasteiger partial charge in [0.15, 0.2) is 0 Å². The number of carbonyl (C=O) groups is 1. The highest BCUT2D eigenvalue weighted by Gasteiger charge is 2.40. The Morgan fingerprint density at radius 2 is 1.78 bits per heavy atom. The fourth-order valence-electron chi connectivity index (χ4n) is 4.20. The van der Waals surface area contributed by atoms with Gasteiger partial charge >= 0.3 is 0 Å². The van der Waals surface area contributed by atoms with Gasteiger partial charge in [0.25, 0.3) is 0 Å². The molecule has 0 saturated carbocycles. The molecule has 0 spiro atoms. The summed E-state index contributed by atoms with van der Waals surface area (Å²) in [5, 5.41) is 3.62. The summed E-state index contributed by atoms with van der Waals surface area (Å²) in [6.45, 7) is 5.67. The van der Waals surface area contributed by atoms with E-state index in [2.05, 4.69) is 19.2 Å². The molecule has 2 aromatic carbocycles. The SMILES string of the molecule is CCC1(CC)C[C@H](NC(=O)[C@H](C)N(c2cc(Cl)cc(Cl)c2)S(C)(=O)=O)c2ccccc2O1. The highest BCUT2D eigenvalue weighted by molar-refractivity contribution is 7.92. The van der Waals surface area contributed by atoms with Crippen LogP contribution in [0.25, 0.3) is 0 Å². The molecule has 0 radical (unpaired) electrons. The molecule has 0 fully saturated rings. The van der Waals surface area contributed by atoms with E-state index in [9.17, 15) is 13.2 Å². The number of anilines is 1. The van der Waals surface area contributed by atoms with Gasteiger partial charge in [0.05, 0.1) is 18.0 Å². The summed E-state index contributed by atoms with van der Waals surface area (Å²) in [6, 6.07) is 10.7. The smallest absolute Gasteiger partial charge is 0.244 e. The van der Waals surface area contributed by atoms with E-state index >= 15 is 0 Å². The van der Waals surface area contributed by atoms with Crippen LogP contribution in [0.2, 0.25) is 10.0 Å². The number of hydrogen-bond donors (Lipinski definition) is 1. The van der Waals surface area contributed by atoms with E-state index < -0.39 is 27.6 Å². The molecule has 3 rings (SSSR count). The molecular weight excluding hydrogens is 471 g/mol. The predicted molar refractivity (Wildman–Crippen MR) is 129 cm³/mol. The Labute approximate surface area is 199 Å². The predicted octanol–water partition coefficient (Wildman–Crippen LogP) is 5.35. The molecule has 1 aliphatic heterocycles. The fourth-order valence-corrected chi connectivity index (χ4v) is 5.87. The van der Waals surface area contributed by atoms with Gasteiger partial charge in [0, 0.05) is 22.0 Å². The number of amides is 1. The molecule has 0 saturated heterocycles. The second-order valence-corrected chi connectivity index (χ2v) is 10.9. The quantitative estimate of drug-likeness (QED) is 0.558. The average Bonchev–Trinajstić information content (AvgIpc) is 2.71. The van der Waals surface area contributed by atoms with Gasteiger partial charge in [-0.1, -0.05) is 55.2 Å². The second-order valence-electron chi connectivity index (χ2n) is 8.16. The zero-order valence-corrected chi connectivity index (χ0v) is 20.9. The van der Waals surface area contributed by atoms with Crippen LogP contribution in [0, 0.1) is 0 Å². The van der Waals surface area contributed by atoms with Crippen LogP contribution in [0.5, 0.6) is 5.75 Å². The van der Waals surface area contributed by atoms with Crippen molar-refractivity contribution in [3.05, 3.63) is 58.1 Å². The van der Waals surface area contributed by atoms with Gasteiger partial charge in [0.1, 0.15) is 17.4 Å². The number of carbonyl (C=O) groups excluding carboxylic acids is 1.